The van der Waals surface area contributed by atoms with E-state index in [4.69, 9.17) is 5.11 Å². The number of hydrogen-bond acceptors (Lipinski definition) is 2. The molecule has 0 aliphatic rings. The van der Waals surface area contributed by atoms with Crippen molar-refractivity contribution < 1.29 is 14.3 Å². The molecule has 0 fully saturated rings. The fourth-order valence-electron chi connectivity index (χ4n) is 2.00. The number of carbonyl (C=O) groups is 1. The van der Waals surface area contributed by atoms with Crippen LogP contribution in [0.25, 0.3) is 0 Å². The van der Waals surface area contributed by atoms with Crippen molar-refractivity contribution in [1.82, 2.24) is 4.90 Å². The molecule has 0 aliphatic heterocycles. The fourth-order valence-corrected chi connectivity index (χ4v) is 2.00. The van der Waals surface area contributed by atoms with Crippen molar-refractivity contribution >= 4 is 5.97 Å². The van der Waals surface area contributed by atoms with Gasteiger partial charge in [-0.2, -0.15) is 0 Å². The van der Waals surface area contributed by atoms with Crippen LogP contribution in [0.2, 0.25) is 0 Å². The molecule has 0 radical (unpaired) electrons. The first-order chi connectivity index (χ1) is 8.45. The minimum atomic E-state index is -0.843. The van der Waals surface area contributed by atoms with Crippen LogP contribution < -0.4 is 0 Å². The number of nitrogens with zero attached hydrogens (tertiary/aromatic N) is 1. The monoisotopic (exact) mass is 253 g/mol. The first kappa shape index (κ1) is 14.6. The largest absolute Gasteiger partial charge is 0.480 e. The van der Waals surface area contributed by atoms with E-state index in [-0.39, 0.29) is 24.4 Å². The van der Waals surface area contributed by atoms with Crippen molar-refractivity contribution in [2.24, 2.45) is 0 Å². The number of rotatable bonds is 6. The Kier molecular flexibility index (Phi) is 5.28. The van der Waals surface area contributed by atoms with Crippen LogP contribution in [0, 0.1) is 5.82 Å². The van der Waals surface area contributed by atoms with Crippen molar-refractivity contribution in [3.8, 4) is 0 Å². The lowest BCUT2D eigenvalue weighted by atomic mass is 10.0. The van der Waals surface area contributed by atoms with Crippen LogP contribution in [0.4, 0.5) is 4.39 Å². The van der Waals surface area contributed by atoms with E-state index in [2.05, 4.69) is 0 Å². The normalized spacial score (nSPS) is 14.5. The zero-order valence-corrected chi connectivity index (χ0v) is 11.1. The topological polar surface area (TPSA) is 40.5 Å². The van der Waals surface area contributed by atoms with Gasteiger partial charge >= 0.3 is 5.97 Å². The van der Waals surface area contributed by atoms with E-state index >= 15 is 0 Å². The third kappa shape index (κ3) is 3.81. The molecular formula is C14H20FNO2. The van der Waals surface area contributed by atoms with Gasteiger partial charge in [0.25, 0.3) is 0 Å². The van der Waals surface area contributed by atoms with Gasteiger partial charge in [0.2, 0.25) is 0 Å². The molecule has 2 unspecified atom stereocenters. The zero-order valence-electron chi connectivity index (χ0n) is 11.1. The van der Waals surface area contributed by atoms with Crippen molar-refractivity contribution in [2.75, 3.05) is 6.54 Å². The van der Waals surface area contributed by atoms with Crippen LogP contribution >= 0.6 is 0 Å². The Labute approximate surface area is 107 Å². The molecule has 0 aromatic heterocycles. The Hall–Kier alpha value is -1.42. The standard InChI is InChI=1S/C14H20FNO2/c1-4-10(2)16(9-14(17)18)11(3)12-5-7-13(15)8-6-12/h5-8,10-11H,4,9H2,1-3H3,(H,17,18). The molecule has 100 valence electrons. The van der Waals surface area contributed by atoms with Gasteiger partial charge in [0.05, 0.1) is 6.54 Å². The SMILES string of the molecule is CCC(C)N(CC(=O)O)C(C)c1ccc(F)cc1. The second kappa shape index (κ2) is 6.50. The summed E-state index contributed by atoms with van der Waals surface area (Å²) in [6.07, 6.45) is 0.874. The van der Waals surface area contributed by atoms with E-state index < -0.39 is 5.97 Å². The summed E-state index contributed by atoms with van der Waals surface area (Å²) in [4.78, 5) is 12.8. The van der Waals surface area contributed by atoms with E-state index in [0.29, 0.717) is 0 Å². The van der Waals surface area contributed by atoms with Gasteiger partial charge in [-0.3, -0.25) is 9.69 Å². The number of benzene rings is 1. The molecule has 1 rings (SSSR count). The minimum Gasteiger partial charge on any atom is -0.480 e. The van der Waals surface area contributed by atoms with E-state index in [1.807, 2.05) is 25.7 Å². The number of hydrogen-bond donors (Lipinski definition) is 1. The maximum Gasteiger partial charge on any atom is 0.317 e. The predicted molar refractivity (Wildman–Crippen MR) is 68.9 cm³/mol. The van der Waals surface area contributed by atoms with E-state index in [0.717, 1.165) is 12.0 Å². The molecule has 0 bridgehead atoms. The summed E-state index contributed by atoms with van der Waals surface area (Å²) < 4.78 is 12.9. The Morgan fingerprint density at radius 3 is 2.33 bits per heavy atom. The number of aliphatic carboxylic acids is 1. The van der Waals surface area contributed by atoms with E-state index in [9.17, 15) is 9.18 Å². The van der Waals surface area contributed by atoms with Crippen LogP contribution in [0.1, 0.15) is 38.8 Å². The molecular weight excluding hydrogens is 233 g/mol. The molecule has 0 aliphatic carbocycles. The molecule has 1 aromatic rings. The van der Waals surface area contributed by atoms with Gasteiger partial charge in [-0.15, -0.1) is 0 Å². The third-order valence-electron chi connectivity index (χ3n) is 3.32. The van der Waals surface area contributed by atoms with Gasteiger partial charge in [-0.1, -0.05) is 19.1 Å². The van der Waals surface area contributed by atoms with Gasteiger partial charge in [-0.25, -0.2) is 4.39 Å². The molecule has 1 aromatic carbocycles. The lowest BCUT2D eigenvalue weighted by Gasteiger charge is -2.33. The smallest absolute Gasteiger partial charge is 0.317 e. The van der Waals surface area contributed by atoms with Crippen LogP contribution in [-0.2, 0) is 4.79 Å². The van der Waals surface area contributed by atoms with E-state index in [1.165, 1.54) is 12.1 Å². The summed E-state index contributed by atoms with van der Waals surface area (Å²) in [5, 5.41) is 8.97. The van der Waals surface area contributed by atoms with Gasteiger partial charge in [0.1, 0.15) is 5.82 Å². The predicted octanol–water partition coefficient (Wildman–Crippen LogP) is 3.07. The first-order valence-corrected chi connectivity index (χ1v) is 6.18. The summed E-state index contributed by atoms with van der Waals surface area (Å²) >= 11 is 0. The average molecular weight is 253 g/mol. The van der Waals surface area contributed by atoms with Gasteiger partial charge < -0.3 is 5.11 Å². The summed E-state index contributed by atoms with van der Waals surface area (Å²) in [5.41, 5.74) is 0.929. The summed E-state index contributed by atoms with van der Waals surface area (Å²) in [6.45, 7) is 5.97. The summed E-state index contributed by atoms with van der Waals surface area (Å²) in [7, 11) is 0. The Balaban J connectivity index is 2.90. The summed E-state index contributed by atoms with van der Waals surface area (Å²) in [6, 6.07) is 6.34. The maximum atomic E-state index is 12.9. The van der Waals surface area contributed by atoms with Gasteiger partial charge in [-0.05, 0) is 38.0 Å². The quantitative estimate of drug-likeness (QED) is 0.847. The number of carboxylic acids is 1. The Morgan fingerprint density at radius 2 is 1.89 bits per heavy atom. The Bertz CT molecular complexity index is 391. The van der Waals surface area contributed by atoms with Crippen LogP contribution in [0.3, 0.4) is 0 Å². The lowest BCUT2D eigenvalue weighted by molar-refractivity contribution is -0.139. The second-order valence-corrected chi connectivity index (χ2v) is 4.55. The van der Waals surface area contributed by atoms with Gasteiger partial charge in [0, 0.05) is 12.1 Å². The van der Waals surface area contributed by atoms with Crippen LogP contribution in [-0.4, -0.2) is 28.6 Å². The van der Waals surface area contributed by atoms with Crippen molar-refractivity contribution in [1.29, 1.82) is 0 Å². The fraction of sp³-hybridized carbons (Fsp3) is 0.500. The molecule has 18 heavy (non-hydrogen) atoms. The van der Waals surface area contributed by atoms with Crippen molar-refractivity contribution in [2.45, 2.75) is 39.3 Å². The van der Waals surface area contributed by atoms with Gasteiger partial charge in [0.15, 0.2) is 0 Å². The summed E-state index contributed by atoms with van der Waals surface area (Å²) in [5.74, 6) is -1.12. The molecule has 0 amide bonds. The maximum absolute atomic E-state index is 12.9. The Morgan fingerprint density at radius 1 is 1.33 bits per heavy atom. The highest BCUT2D eigenvalue weighted by atomic mass is 19.1. The number of halogens is 1. The van der Waals surface area contributed by atoms with Crippen LogP contribution in [0.15, 0.2) is 24.3 Å². The molecule has 0 saturated heterocycles. The van der Waals surface area contributed by atoms with Crippen molar-refractivity contribution in [3.63, 3.8) is 0 Å². The molecule has 0 saturated carbocycles. The molecule has 1 N–H and O–H groups in total. The zero-order chi connectivity index (χ0) is 13.7. The first-order valence-electron chi connectivity index (χ1n) is 6.18. The molecule has 4 heteroatoms. The molecule has 3 nitrogen and oxygen atoms in total. The lowest BCUT2D eigenvalue weighted by Crippen LogP contribution is -2.39. The highest BCUT2D eigenvalue weighted by molar-refractivity contribution is 5.69. The number of carboxylic acid groups (broad SMARTS) is 1. The average Bonchev–Trinajstić information content (AvgIpc) is 2.35. The van der Waals surface area contributed by atoms with Crippen LogP contribution in [0.5, 0.6) is 0 Å². The van der Waals surface area contributed by atoms with Crippen molar-refractivity contribution in [3.05, 3.63) is 35.6 Å². The molecule has 2 atom stereocenters. The van der Waals surface area contributed by atoms with E-state index in [1.54, 1.807) is 12.1 Å². The molecule has 0 spiro atoms. The second-order valence-electron chi connectivity index (χ2n) is 4.55. The highest BCUT2D eigenvalue weighted by Crippen LogP contribution is 2.23. The highest BCUT2D eigenvalue weighted by Gasteiger charge is 2.22. The third-order valence-corrected chi connectivity index (χ3v) is 3.32. The minimum absolute atomic E-state index is 0.00640. The molecule has 0 heterocycles.